The van der Waals surface area contributed by atoms with E-state index in [1.165, 1.54) is 6.33 Å². The molecule has 3 rings (SSSR count). The molecule has 0 aliphatic heterocycles. The number of hydrogen-bond donors (Lipinski definition) is 2. The number of anilines is 2. The molecule has 1 aromatic heterocycles. The van der Waals surface area contributed by atoms with Crippen LogP contribution in [0.4, 0.5) is 11.5 Å². The van der Waals surface area contributed by atoms with E-state index >= 15 is 0 Å². The standard InChI is InChI=1S/C23H26N4O4/c1-3-17-5-4-6-18(13-17)27-23-19-14-21(30-11-9-28-2)22(15-20(19)25-16-26-23)31-12-10-29-8-7-24/h1,4-6,13-16H,7-12,24H2,2H3,(H,25,26,27). The Hall–Kier alpha value is -3.38. The summed E-state index contributed by atoms with van der Waals surface area (Å²) in [6.45, 7) is 2.57. The van der Waals surface area contributed by atoms with E-state index in [0.717, 1.165) is 16.6 Å². The molecule has 0 aliphatic rings. The maximum atomic E-state index is 5.88. The van der Waals surface area contributed by atoms with Crippen molar-refractivity contribution in [1.82, 2.24) is 9.97 Å². The monoisotopic (exact) mass is 422 g/mol. The van der Waals surface area contributed by atoms with Crippen molar-refractivity contribution in [2.45, 2.75) is 0 Å². The zero-order valence-corrected chi connectivity index (χ0v) is 17.5. The lowest BCUT2D eigenvalue weighted by Crippen LogP contribution is -2.13. The van der Waals surface area contributed by atoms with Gasteiger partial charge >= 0.3 is 0 Å². The summed E-state index contributed by atoms with van der Waals surface area (Å²) in [5.41, 5.74) is 7.75. The summed E-state index contributed by atoms with van der Waals surface area (Å²) in [5, 5.41) is 4.09. The molecule has 0 atom stereocenters. The first-order valence-corrected chi connectivity index (χ1v) is 9.90. The van der Waals surface area contributed by atoms with Crippen molar-refractivity contribution in [3.8, 4) is 23.8 Å². The van der Waals surface area contributed by atoms with E-state index in [9.17, 15) is 0 Å². The van der Waals surface area contributed by atoms with Crippen LogP contribution in [0.25, 0.3) is 10.9 Å². The van der Waals surface area contributed by atoms with Crippen molar-refractivity contribution in [3.05, 3.63) is 48.3 Å². The minimum absolute atomic E-state index is 0.362. The minimum atomic E-state index is 0.362. The summed E-state index contributed by atoms with van der Waals surface area (Å²) in [5.74, 6) is 4.40. The molecule has 0 saturated carbocycles. The smallest absolute Gasteiger partial charge is 0.163 e. The number of nitrogens with two attached hydrogens (primary N) is 1. The average Bonchev–Trinajstić information content (AvgIpc) is 2.79. The first kappa shape index (κ1) is 22.3. The van der Waals surface area contributed by atoms with Crippen molar-refractivity contribution in [2.75, 3.05) is 52.0 Å². The quantitative estimate of drug-likeness (QED) is 0.339. The van der Waals surface area contributed by atoms with Gasteiger partial charge in [0.15, 0.2) is 11.5 Å². The van der Waals surface area contributed by atoms with Gasteiger partial charge in [0, 0.05) is 36.4 Å². The molecule has 0 fully saturated rings. The number of benzene rings is 2. The summed E-state index contributed by atoms with van der Waals surface area (Å²) in [6.07, 6.45) is 7.00. The molecule has 0 unspecified atom stereocenters. The number of ether oxygens (including phenoxy) is 4. The first-order chi connectivity index (χ1) is 15.2. The molecular weight excluding hydrogens is 396 g/mol. The average molecular weight is 422 g/mol. The molecule has 0 amide bonds. The molecule has 162 valence electrons. The molecule has 3 aromatic rings. The third kappa shape index (κ3) is 6.30. The van der Waals surface area contributed by atoms with Crippen LogP contribution in [0.3, 0.4) is 0 Å². The van der Waals surface area contributed by atoms with Crippen molar-refractivity contribution < 1.29 is 18.9 Å². The second kappa shape index (κ2) is 11.7. The van der Waals surface area contributed by atoms with Gasteiger partial charge in [0.05, 0.1) is 25.3 Å². The first-order valence-electron chi connectivity index (χ1n) is 9.90. The molecule has 0 aliphatic carbocycles. The molecule has 8 nitrogen and oxygen atoms in total. The van der Waals surface area contributed by atoms with Crippen LogP contribution in [0.2, 0.25) is 0 Å². The van der Waals surface area contributed by atoms with Crippen LogP contribution in [0, 0.1) is 12.3 Å². The van der Waals surface area contributed by atoms with E-state index in [0.29, 0.717) is 62.4 Å². The van der Waals surface area contributed by atoms with E-state index in [4.69, 9.17) is 31.1 Å². The summed E-state index contributed by atoms with van der Waals surface area (Å²) in [4.78, 5) is 8.78. The fourth-order valence-electron chi connectivity index (χ4n) is 2.84. The Labute approximate surface area is 181 Å². The fraction of sp³-hybridized carbons (Fsp3) is 0.304. The lowest BCUT2D eigenvalue weighted by Gasteiger charge is -2.15. The number of fused-ring (bicyclic) bond motifs is 1. The molecule has 3 N–H and O–H groups in total. The van der Waals surface area contributed by atoms with Gasteiger partial charge in [-0.25, -0.2) is 9.97 Å². The van der Waals surface area contributed by atoms with E-state index in [2.05, 4.69) is 21.2 Å². The van der Waals surface area contributed by atoms with Crippen LogP contribution in [-0.2, 0) is 9.47 Å². The SMILES string of the molecule is C#Cc1cccc(Nc2ncnc3cc(OCCOCCN)c(OCCOC)cc23)c1. The molecule has 0 spiro atoms. The summed E-state index contributed by atoms with van der Waals surface area (Å²) >= 11 is 0. The molecule has 2 aromatic carbocycles. The van der Waals surface area contributed by atoms with Gasteiger partial charge < -0.3 is 30.0 Å². The van der Waals surface area contributed by atoms with Gasteiger partial charge in [-0.15, -0.1) is 6.42 Å². The fourth-order valence-corrected chi connectivity index (χ4v) is 2.84. The topological polar surface area (TPSA) is 101 Å². The van der Waals surface area contributed by atoms with Gasteiger partial charge in [-0.2, -0.15) is 0 Å². The Morgan fingerprint density at radius 2 is 1.81 bits per heavy atom. The van der Waals surface area contributed by atoms with Gasteiger partial charge in [0.1, 0.15) is 25.4 Å². The van der Waals surface area contributed by atoms with Crippen LogP contribution in [-0.4, -0.2) is 56.7 Å². The molecule has 31 heavy (non-hydrogen) atoms. The van der Waals surface area contributed by atoms with Crippen molar-refractivity contribution in [3.63, 3.8) is 0 Å². The number of hydrogen-bond acceptors (Lipinski definition) is 8. The molecule has 8 heteroatoms. The lowest BCUT2D eigenvalue weighted by atomic mass is 10.2. The number of methoxy groups -OCH3 is 1. The lowest BCUT2D eigenvalue weighted by molar-refractivity contribution is 0.102. The third-order valence-electron chi connectivity index (χ3n) is 4.29. The van der Waals surface area contributed by atoms with Gasteiger partial charge in [-0.1, -0.05) is 12.0 Å². The van der Waals surface area contributed by atoms with E-state index in [-0.39, 0.29) is 0 Å². The number of aromatic nitrogens is 2. The molecule has 0 saturated heterocycles. The van der Waals surface area contributed by atoms with Crippen molar-refractivity contribution >= 4 is 22.4 Å². The van der Waals surface area contributed by atoms with Crippen LogP contribution < -0.4 is 20.5 Å². The number of rotatable bonds is 12. The number of terminal acetylenes is 1. The largest absolute Gasteiger partial charge is 0.487 e. The van der Waals surface area contributed by atoms with Crippen molar-refractivity contribution in [1.29, 1.82) is 0 Å². The second-order valence-corrected chi connectivity index (χ2v) is 6.48. The highest BCUT2D eigenvalue weighted by Crippen LogP contribution is 2.35. The van der Waals surface area contributed by atoms with Crippen LogP contribution in [0.1, 0.15) is 5.56 Å². The zero-order chi connectivity index (χ0) is 21.9. The zero-order valence-electron chi connectivity index (χ0n) is 17.5. The number of nitrogens with zero attached hydrogens (tertiary/aromatic N) is 2. The highest BCUT2D eigenvalue weighted by Gasteiger charge is 2.13. The van der Waals surface area contributed by atoms with E-state index < -0.39 is 0 Å². The maximum Gasteiger partial charge on any atom is 0.163 e. The molecule has 1 heterocycles. The minimum Gasteiger partial charge on any atom is -0.487 e. The van der Waals surface area contributed by atoms with Crippen LogP contribution >= 0.6 is 0 Å². The van der Waals surface area contributed by atoms with Crippen molar-refractivity contribution in [2.24, 2.45) is 5.73 Å². The molecular formula is C23H26N4O4. The summed E-state index contributed by atoms with van der Waals surface area (Å²) in [7, 11) is 1.62. The highest BCUT2D eigenvalue weighted by atomic mass is 16.5. The Morgan fingerprint density at radius 1 is 1.00 bits per heavy atom. The summed E-state index contributed by atoms with van der Waals surface area (Å²) in [6, 6.07) is 11.2. The van der Waals surface area contributed by atoms with Crippen LogP contribution in [0.5, 0.6) is 11.5 Å². The van der Waals surface area contributed by atoms with E-state index in [1.807, 2.05) is 36.4 Å². The Kier molecular flexibility index (Phi) is 8.43. The predicted octanol–water partition coefficient (Wildman–Crippen LogP) is 2.73. The second-order valence-electron chi connectivity index (χ2n) is 6.48. The molecule has 0 radical (unpaired) electrons. The molecule has 0 bridgehead atoms. The van der Waals surface area contributed by atoms with Gasteiger partial charge in [0.2, 0.25) is 0 Å². The maximum absolute atomic E-state index is 5.88. The van der Waals surface area contributed by atoms with Gasteiger partial charge in [-0.3, -0.25) is 0 Å². The Morgan fingerprint density at radius 3 is 2.58 bits per heavy atom. The highest BCUT2D eigenvalue weighted by molar-refractivity contribution is 5.93. The Balaban J connectivity index is 1.88. The predicted molar refractivity (Wildman–Crippen MR) is 120 cm³/mol. The van der Waals surface area contributed by atoms with Gasteiger partial charge in [-0.05, 0) is 24.3 Å². The van der Waals surface area contributed by atoms with E-state index in [1.54, 1.807) is 7.11 Å². The van der Waals surface area contributed by atoms with Crippen LogP contribution in [0.15, 0.2) is 42.7 Å². The third-order valence-corrected chi connectivity index (χ3v) is 4.29. The van der Waals surface area contributed by atoms with Gasteiger partial charge in [0.25, 0.3) is 0 Å². The summed E-state index contributed by atoms with van der Waals surface area (Å²) < 4.78 is 22.2. The number of nitrogens with one attached hydrogen (secondary N) is 1. The Bertz CT molecular complexity index is 1040. The normalized spacial score (nSPS) is 10.6.